The van der Waals surface area contributed by atoms with Crippen molar-refractivity contribution in [2.75, 3.05) is 46.2 Å². The van der Waals surface area contributed by atoms with Gasteiger partial charge in [-0.2, -0.15) is 0 Å². The first-order chi connectivity index (χ1) is 18.2. The molecule has 3 heterocycles. The summed E-state index contributed by atoms with van der Waals surface area (Å²) in [6.07, 6.45) is 6.20. The highest BCUT2D eigenvalue weighted by Gasteiger charge is 2.27. The van der Waals surface area contributed by atoms with Crippen molar-refractivity contribution in [3.63, 3.8) is 0 Å². The van der Waals surface area contributed by atoms with Crippen molar-refractivity contribution < 1.29 is 14.3 Å². The summed E-state index contributed by atoms with van der Waals surface area (Å²) >= 11 is 6.52. The van der Waals surface area contributed by atoms with E-state index in [0.717, 1.165) is 36.2 Å². The second kappa shape index (κ2) is 12.0. The van der Waals surface area contributed by atoms with Crippen molar-refractivity contribution in [1.29, 1.82) is 0 Å². The number of aromatic nitrogens is 3. The van der Waals surface area contributed by atoms with Crippen LogP contribution < -0.4 is 10.1 Å². The maximum atomic E-state index is 13.3. The zero-order chi connectivity index (χ0) is 27.4. The maximum absolute atomic E-state index is 13.3. The van der Waals surface area contributed by atoms with Gasteiger partial charge < -0.3 is 19.1 Å². The van der Waals surface area contributed by atoms with E-state index in [1.165, 1.54) is 0 Å². The Labute approximate surface area is 228 Å². The molecular weight excluding hydrogens is 504 g/mol. The number of hydrogen-bond donors (Lipinski definition) is 1. The Morgan fingerprint density at radius 2 is 1.89 bits per heavy atom. The number of likely N-dealkylation sites (tertiary alicyclic amines) is 1. The fourth-order valence-corrected chi connectivity index (χ4v) is 5.09. The first kappa shape index (κ1) is 27.6. The van der Waals surface area contributed by atoms with Gasteiger partial charge in [-0.3, -0.25) is 19.9 Å². The number of nitrogens with zero attached hydrogens (tertiary/aromatic N) is 5. The lowest BCUT2D eigenvalue weighted by atomic mass is 10.1. The highest BCUT2D eigenvalue weighted by molar-refractivity contribution is 6.32. The van der Waals surface area contributed by atoms with E-state index < -0.39 is 0 Å². The fraction of sp³-hybridized carbons (Fsp3) is 0.429. The number of benzene rings is 1. The third-order valence-corrected chi connectivity index (χ3v) is 6.88. The van der Waals surface area contributed by atoms with Gasteiger partial charge in [0.1, 0.15) is 5.75 Å². The van der Waals surface area contributed by atoms with Crippen molar-refractivity contribution in [3.05, 3.63) is 58.4 Å². The molecule has 2 amide bonds. The summed E-state index contributed by atoms with van der Waals surface area (Å²) in [5, 5.41) is 3.47. The van der Waals surface area contributed by atoms with E-state index in [1.54, 1.807) is 31.4 Å². The van der Waals surface area contributed by atoms with E-state index >= 15 is 0 Å². The van der Waals surface area contributed by atoms with Gasteiger partial charge >= 0.3 is 0 Å². The maximum Gasteiger partial charge on any atom is 0.258 e. The van der Waals surface area contributed by atoms with Crippen molar-refractivity contribution >= 4 is 40.4 Å². The van der Waals surface area contributed by atoms with E-state index in [9.17, 15) is 9.59 Å². The summed E-state index contributed by atoms with van der Waals surface area (Å²) < 4.78 is 7.42. The lowest BCUT2D eigenvalue weighted by Gasteiger charge is -2.26. The minimum absolute atomic E-state index is 0.0174. The predicted octanol–water partition coefficient (Wildman–Crippen LogP) is 4.63. The molecule has 0 aliphatic carbocycles. The minimum Gasteiger partial charge on any atom is -0.495 e. The molecule has 1 aromatic carbocycles. The van der Waals surface area contributed by atoms with E-state index in [4.69, 9.17) is 21.3 Å². The topological polar surface area (TPSA) is 92.6 Å². The van der Waals surface area contributed by atoms with Crippen molar-refractivity contribution in [2.45, 2.75) is 39.2 Å². The standard InChI is InChI=1S/C28H35ClN6O3/c1-18-13-20(14-19(2)30-18)27(37)32-28-31-23-16-25(38-5)22(29)15-24(23)35(28)21-9-6-7-12-34(17-21)26(36)10-8-11-33(3)4/h8,10,13-16,21H,6-7,9,11-12,17H2,1-5H3,(H,31,32,37)/b10-8+/t21-/m1/s1. The summed E-state index contributed by atoms with van der Waals surface area (Å²) in [6, 6.07) is 6.98. The number of aryl methyl sites for hydroxylation is 2. The molecule has 1 saturated heterocycles. The number of likely N-dealkylation sites (N-methyl/N-ethyl adjacent to an activating group) is 1. The molecule has 1 fully saturated rings. The summed E-state index contributed by atoms with van der Waals surface area (Å²) in [5.74, 6) is 0.618. The quantitative estimate of drug-likeness (QED) is 0.441. The molecule has 0 radical (unpaired) electrons. The molecule has 0 spiro atoms. The van der Waals surface area contributed by atoms with Crippen LogP contribution in [-0.2, 0) is 4.79 Å². The molecule has 10 heteroatoms. The van der Waals surface area contributed by atoms with Crippen LogP contribution in [0.4, 0.5) is 5.95 Å². The lowest BCUT2D eigenvalue weighted by Crippen LogP contribution is -2.34. The number of pyridine rings is 1. The Hall–Kier alpha value is -3.43. The van der Waals surface area contributed by atoms with Gasteiger partial charge in [-0.1, -0.05) is 17.7 Å². The first-order valence-corrected chi connectivity index (χ1v) is 13.2. The molecule has 3 aromatic rings. The second-order valence-corrected chi connectivity index (χ2v) is 10.4. The Kier molecular flexibility index (Phi) is 8.69. The summed E-state index contributed by atoms with van der Waals surface area (Å²) in [7, 11) is 5.48. The number of halogens is 1. The molecule has 1 N–H and O–H groups in total. The molecule has 0 bridgehead atoms. The number of carbonyl (C=O) groups excluding carboxylic acids is 2. The number of nitrogens with one attached hydrogen (secondary N) is 1. The molecule has 1 atom stereocenters. The van der Waals surface area contributed by atoms with E-state index in [2.05, 4.69) is 10.3 Å². The van der Waals surface area contributed by atoms with Gasteiger partial charge in [0.05, 0.1) is 29.2 Å². The molecule has 1 aliphatic rings. The Balaban J connectivity index is 1.72. The van der Waals surface area contributed by atoms with Crippen LogP contribution in [0.15, 0.2) is 36.4 Å². The number of fused-ring (bicyclic) bond motifs is 1. The van der Waals surface area contributed by atoms with E-state index in [0.29, 0.717) is 47.4 Å². The normalized spacial score (nSPS) is 16.3. The fourth-order valence-electron chi connectivity index (χ4n) is 4.85. The van der Waals surface area contributed by atoms with Gasteiger partial charge in [-0.15, -0.1) is 0 Å². The average Bonchev–Trinajstić information content (AvgIpc) is 3.01. The van der Waals surface area contributed by atoms with Crippen LogP contribution in [0.5, 0.6) is 5.75 Å². The molecule has 2 aromatic heterocycles. The molecule has 202 valence electrons. The molecule has 9 nitrogen and oxygen atoms in total. The van der Waals surface area contributed by atoms with Crippen LogP contribution in [0.2, 0.25) is 5.02 Å². The van der Waals surface area contributed by atoms with Crippen LogP contribution in [-0.4, -0.2) is 77.0 Å². The molecule has 0 unspecified atom stereocenters. The predicted molar refractivity (Wildman–Crippen MR) is 150 cm³/mol. The van der Waals surface area contributed by atoms with Crippen LogP contribution in [0, 0.1) is 13.8 Å². The largest absolute Gasteiger partial charge is 0.495 e. The molecular formula is C28H35ClN6O3. The number of methoxy groups -OCH3 is 1. The van der Waals surface area contributed by atoms with Gasteiger partial charge in [0, 0.05) is 48.7 Å². The zero-order valence-corrected chi connectivity index (χ0v) is 23.4. The SMILES string of the molecule is COc1cc2nc(NC(=O)c3cc(C)nc(C)c3)n([C@@H]3CCCCN(C(=O)/C=C/CN(C)C)C3)c2cc1Cl. The van der Waals surface area contributed by atoms with Gasteiger partial charge in [-0.25, -0.2) is 4.98 Å². The minimum atomic E-state index is -0.276. The number of ether oxygens (including phenoxy) is 1. The van der Waals surface area contributed by atoms with Crippen molar-refractivity contribution in [2.24, 2.45) is 0 Å². The third-order valence-electron chi connectivity index (χ3n) is 6.59. The highest BCUT2D eigenvalue weighted by atomic mass is 35.5. The number of anilines is 1. The van der Waals surface area contributed by atoms with Crippen molar-refractivity contribution in [3.8, 4) is 5.75 Å². The molecule has 0 saturated carbocycles. The number of hydrogen-bond acceptors (Lipinski definition) is 6. The zero-order valence-electron chi connectivity index (χ0n) is 22.6. The Bertz CT molecular complexity index is 1350. The number of carbonyl (C=O) groups is 2. The molecule has 4 rings (SSSR count). The average molecular weight is 539 g/mol. The van der Waals surface area contributed by atoms with Crippen LogP contribution in [0.25, 0.3) is 11.0 Å². The first-order valence-electron chi connectivity index (χ1n) is 12.8. The molecule has 38 heavy (non-hydrogen) atoms. The number of amides is 2. The Morgan fingerprint density at radius 3 is 2.58 bits per heavy atom. The van der Waals surface area contributed by atoms with Gasteiger partial charge in [-0.05, 0) is 65.4 Å². The Morgan fingerprint density at radius 1 is 1.16 bits per heavy atom. The van der Waals surface area contributed by atoms with Crippen LogP contribution >= 0.6 is 11.6 Å². The van der Waals surface area contributed by atoms with Crippen LogP contribution in [0.3, 0.4) is 0 Å². The van der Waals surface area contributed by atoms with Gasteiger partial charge in [0.2, 0.25) is 11.9 Å². The number of rotatable bonds is 7. The van der Waals surface area contributed by atoms with E-state index in [-0.39, 0.29) is 17.9 Å². The van der Waals surface area contributed by atoms with Crippen molar-refractivity contribution in [1.82, 2.24) is 24.3 Å². The second-order valence-electron chi connectivity index (χ2n) is 9.97. The van der Waals surface area contributed by atoms with Gasteiger partial charge in [0.15, 0.2) is 0 Å². The smallest absolute Gasteiger partial charge is 0.258 e. The lowest BCUT2D eigenvalue weighted by molar-refractivity contribution is -0.126. The van der Waals surface area contributed by atoms with Gasteiger partial charge in [0.25, 0.3) is 5.91 Å². The van der Waals surface area contributed by atoms with Crippen LogP contribution in [0.1, 0.15) is 47.1 Å². The highest BCUT2D eigenvalue weighted by Crippen LogP contribution is 2.35. The molecule has 1 aliphatic heterocycles. The van der Waals surface area contributed by atoms with E-state index in [1.807, 2.05) is 54.5 Å². The third kappa shape index (κ3) is 6.34. The monoisotopic (exact) mass is 538 g/mol. The summed E-state index contributed by atoms with van der Waals surface area (Å²) in [6.45, 7) is 5.59. The summed E-state index contributed by atoms with van der Waals surface area (Å²) in [5.41, 5.74) is 3.46. The number of imidazole rings is 1. The summed E-state index contributed by atoms with van der Waals surface area (Å²) in [4.78, 5) is 39.4.